The van der Waals surface area contributed by atoms with E-state index in [1.165, 1.54) is 4.43 Å². The highest BCUT2D eigenvalue weighted by Gasteiger charge is 1.58. The molecule has 0 spiro atoms. The minimum Gasteiger partial charge on any atom is -0.0758 e. The molecule has 0 unspecified atom stereocenters. The highest BCUT2D eigenvalue weighted by molar-refractivity contribution is 15.1. The van der Waals surface area contributed by atoms with Gasteiger partial charge in [-0.2, -0.15) is 0 Å². The van der Waals surface area contributed by atoms with E-state index in [4.69, 9.17) is 0 Å². The zero-order valence-corrected chi connectivity index (χ0v) is 6.78. The van der Waals surface area contributed by atoms with E-state index in [1.54, 1.807) is 0 Å². The molecule has 4 heavy (non-hydrogen) atoms. The normalized spacial score (nSPS) is 7.50. The number of rotatable bonds is 1. The number of hydrogen-bond acceptors (Lipinski definition) is 0. The van der Waals surface area contributed by atoms with Gasteiger partial charge >= 0.3 is 0 Å². The summed E-state index contributed by atoms with van der Waals surface area (Å²) in [4.78, 5) is 0. The van der Waals surface area contributed by atoms with Gasteiger partial charge in [-0.15, -0.1) is 0 Å². The molecule has 0 bridgehead atoms. The third-order valence-electron chi connectivity index (χ3n) is 0.101. The standard InChI is InChI=1S/C2H5I2/c1-2-4-3/h2H2,1H3. The van der Waals surface area contributed by atoms with E-state index in [0.717, 1.165) is 0 Å². The predicted octanol–water partition coefficient (Wildman–Crippen LogP) is 2.33. The van der Waals surface area contributed by atoms with Crippen molar-refractivity contribution in [1.29, 1.82) is 0 Å². The second-order valence-electron chi connectivity index (χ2n) is 0.368. The fourth-order valence-electron chi connectivity index (χ4n) is 0. The molecule has 0 N–H and O–H groups in total. The van der Waals surface area contributed by atoms with Crippen LogP contribution < -0.4 is 0 Å². The molecule has 0 aromatic carbocycles. The van der Waals surface area contributed by atoms with Crippen LogP contribution in [0.5, 0.6) is 0 Å². The number of halogens is 2. The molecule has 0 nitrogen and oxygen atoms in total. The quantitative estimate of drug-likeness (QED) is 0.512. The molecule has 0 aromatic heterocycles. The van der Waals surface area contributed by atoms with E-state index in [0.29, 0.717) is 17.2 Å². The van der Waals surface area contributed by atoms with Crippen LogP contribution in [0.2, 0.25) is 0 Å². The van der Waals surface area contributed by atoms with Crippen molar-refractivity contribution in [2.45, 2.75) is 6.92 Å². The summed E-state index contributed by atoms with van der Waals surface area (Å²) in [5.74, 6) is 0. The predicted molar refractivity (Wildman–Crippen MR) is 38.6 cm³/mol. The van der Waals surface area contributed by atoms with Gasteiger partial charge in [0, 0.05) is 0 Å². The first-order chi connectivity index (χ1) is 1.91. The first-order valence-corrected chi connectivity index (χ1v) is 8.93. The Morgan fingerprint density at radius 1 is 2.00 bits per heavy atom. The molecule has 0 saturated carbocycles. The number of alkyl halides is 1. The lowest BCUT2D eigenvalue weighted by Crippen LogP contribution is -1.40. The summed E-state index contributed by atoms with van der Waals surface area (Å²) in [6.45, 7) is 2.22. The van der Waals surface area contributed by atoms with Gasteiger partial charge in [-0.05, 0) is 23.0 Å². The third-order valence-corrected chi connectivity index (χ3v) is 4.55. The van der Waals surface area contributed by atoms with Crippen LogP contribution >= 0.6 is 35.8 Å². The van der Waals surface area contributed by atoms with Crippen LogP contribution in [0.3, 0.4) is 0 Å². The minimum atomic E-state index is 0.581. The Morgan fingerprint density at radius 3 is 2.25 bits per heavy atom. The highest BCUT2D eigenvalue weighted by Crippen LogP contribution is 2.18. The minimum absolute atomic E-state index is 0.581. The average molecular weight is 283 g/mol. The van der Waals surface area contributed by atoms with E-state index in [1.807, 2.05) is 0 Å². The SMILES string of the molecule is CC[I]I. The molecule has 0 aromatic rings. The first-order valence-electron chi connectivity index (χ1n) is 1.12. The van der Waals surface area contributed by atoms with Gasteiger partial charge in [0.05, 0.1) is 0 Å². The lowest BCUT2D eigenvalue weighted by atomic mass is 11.0. The maximum atomic E-state index is 2.46. The van der Waals surface area contributed by atoms with E-state index in [9.17, 15) is 0 Å². The van der Waals surface area contributed by atoms with Gasteiger partial charge in [-0.3, -0.25) is 0 Å². The monoisotopic (exact) mass is 283 g/mol. The summed E-state index contributed by atoms with van der Waals surface area (Å²) in [6.07, 6.45) is 0. The molecule has 0 saturated heterocycles. The molecule has 0 aliphatic heterocycles. The van der Waals surface area contributed by atoms with Crippen molar-refractivity contribution in [3.63, 3.8) is 0 Å². The van der Waals surface area contributed by atoms with Gasteiger partial charge < -0.3 is 0 Å². The Bertz CT molecular complexity index is 6.00. The molecule has 0 fully saturated rings. The molecule has 1 radical (unpaired) electrons. The highest BCUT2D eigenvalue weighted by atomic mass is 128. The van der Waals surface area contributed by atoms with Crippen molar-refractivity contribution in [2.75, 3.05) is 4.43 Å². The van der Waals surface area contributed by atoms with Crippen molar-refractivity contribution in [1.82, 2.24) is 0 Å². The van der Waals surface area contributed by atoms with Gasteiger partial charge in [0.1, 0.15) is 0 Å². The Kier molecular flexibility index (Phi) is 6.09. The Hall–Kier alpha value is 1.46. The van der Waals surface area contributed by atoms with Gasteiger partial charge in [-0.1, -0.05) is 24.2 Å². The molecular formula is C2H5I2. The van der Waals surface area contributed by atoms with Gasteiger partial charge in [0.25, 0.3) is 0 Å². The van der Waals surface area contributed by atoms with Crippen molar-refractivity contribution < 1.29 is 0 Å². The lowest BCUT2D eigenvalue weighted by molar-refractivity contribution is 1.58. The Balaban J connectivity index is 1.97. The molecule has 27 valence electrons. The fourth-order valence-corrected chi connectivity index (χ4v) is 0. The van der Waals surface area contributed by atoms with Gasteiger partial charge in [-0.25, -0.2) is 0 Å². The lowest BCUT2D eigenvalue weighted by Gasteiger charge is -1.66. The van der Waals surface area contributed by atoms with Crippen molar-refractivity contribution >= 4 is 35.8 Å². The molecule has 0 aliphatic rings. The summed E-state index contributed by atoms with van der Waals surface area (Å²) in [7, 11) is 0. The van der Waals surface area contributed by atoms with E-state index in [2.05, 4.69) is 25.5 Å². The van der Waals surface area contributed by atoms with Gasteiger partial charge in [0.15, 0.2) is 0 Å². The first kappa shape index (κ1) is 5.46. The largest absolute Gasteiger partial charge is 0.0758 e. The topological polar surface area (TPSA) is 0 Å². The Morgan fingerprint density at radius 2 is 2.25 bits per heavy atom. The van der Waals surface area contributed by atoms with Crippen LogP contribution in [0.15, 0.2) is 0 Å². The second-order valence-corrected chi connectivity index (χ2v) is 6.34. The van der Waals surface area contributed by atoms with E-state index in [-0.39, 0.29) is 0 Å². The molecule has 0 atom stereocenters. The maximum absolute atomic E-state index is 2.46. The summed E-state index contributed by atoms with van der Waals surface area (Å²) in [5.41, 5.74) is 0. The summed E-state index contributed by atoms with van der Waals surface area (Å²) >= 11 is 3.04. The van der Waals surface area contributed by atoms with Crippen LogP contribution in [0.4, 0.5) is 0 Å². The molecule has 0 aliphatic carbocycles. The zero-order chi connectivity index (χ0) is 3.41. The fraction of sp³-hybridized carbons (Fsp3) is 1.00. The van der Waals surface area contributed by atoms with Gasteiger partial charge in [0.2, 0.25) is 0 Å². The van der Waals surface area contributed by atoms with Crippen molar-refractivity contribution in [3.05, 3.63) is 0 Å². The molecule has 0 rings (SSSR count). The Labute approximate surface area is 46.8 Å². The summed E-state index contributed by atoms with van der Waals surface area (Å²) in [6, 6.07) is 0. The van der Waals surface area contributed by atoms with Crippen LogP contribution in [0.25, 0.3) is 0 Å². The van der Waals surface area contributed by atoms with E-state index < -0.39 is 0 Å². The summed E-state index contributed by atoms with van der Waals surface area (Å²) < 4.78 is 1.42. The average Bonchev–Trinajstić information content (AvgIpc) is 1.37. The van der Waals surface area contributed by atoms with Crippen molar-refractivity contribution in [2.24, 2.45) is 0 Å². The molecular weight excluding hydrogens is 278 g/mol. The van der Waals surface area contributed by atoms with Crippen LogP contribution in [-0.4, -0.2) is 4.43 Å². The van der Waals surface area contributed by atoms with Crippen LogP contribution in [0, 0.1) is 0 Å². The molecule has 0 heterocycles. The number of hydrogen-bond donors (Lipinski definition) is 0. The maximum Gasteiger partial charge on any atom is -0.00267 e. The van der Waals surface area contributed by atoms with Crippen LogP contribution in [0.1, 0.15) is 6.92 Å². The second kappa shape index (κ2) is 4.46. The van der Waals surface area contributed by atoms with Crippen LogP contribution in [-0.2, 0) is 0 Å². The third kappa shape index (κ3) is 3.46. The summed E-state index contributed by atoms with van der Waals surface area (Å²) in [5, 5.41) is 0. The zero-order valence-electron chi connectivity index (χ0n) is 2.46. The van der Waals surface area contributed by atoms with E-state index >= 15 is 0 Å². The smallest absolute Gasteiger partial charge is 0.00267 e. The molecule has 0 amide bonds. The molecule has 2 heteroatoms. The van der Waals surface area contributed by atoms with Crippen molar-refractivity contribution in [3.8, 4) is 0 Å².